The average Bonchev–Trinajstić information content (AvgIpc) is 2.20. The fourth-order valence-electron chi connectivity index (χ4n) is 2.22. The first-order chi connectivity index (χ1) is 7.11. The molecular weight excluding hydrogens is 184 g/mol. The molecule has 1 N–H and O–H groups in total. The minimum Gasteiger partial charge on any atom is -0.314 e. The molecule has 1 aliphatic rings. The van der Waals surface area contributed by atoms with Gasteiger partial charge in [0.25, 0.3) is 0 Å². The Bertz CT molecular complexity index is 168. The third-order valence-electron chi connectivity index (χ3n) is 3.87. The predicted molar refractivity (Wildman–Crippen MR) is 67.2 cm³/mol. The van der Waals surface area contributed by atoms with Crippen molar-refractivity contribution in [3.63, 3.8) is 0 Å². The monoisotopic (exact) mass is 212 g/mol. The third-order valence-corrected chi connectivity index (χ3v) is 3.87. The van der Waals surface area contributed by atoms with E-state index in [1.165, 1.54) is 38.8 Å². The molecule has 0 saturated carbocycles. The van der Waals surface area contributed by atoms with E-state index in [1.807, 2.05) is 0 Å². The second-order valence-electron chi connectivity index (χ2n) is 5.41. The van der Waals surface area contributed by atoms with E-state index in [2.05, 4.69) is 38.0 Å². The third kappa shape index (κ3) is 4.52. The zero-order chi connectivity index (χ0) is 11.3. The molecule has 2 nitrogen and oxygen atoms in total. The second kappa shape index (κ2) is 6.49. The van der Waals surface area contributed by atoms with E-state index < -0.39 is 0 Å². The molecule has 1 aliphatic heterocycles. The first kappa shape index (κ1) is 13.0. The van der Waals surface area contributed by atoms with Gasteiger partial charge in [-0.2, -0.15) is 0 Å². The Kier molecular flexibility index (Phi) is 5.62. The fourth-order valence-corrected chi connectivity index (χ4v) is 2.22. The minimum absolute atomic E-state index is 0.652. The maximum absolute atomic E-state index is 3.62. The second-order valence-corrected chi connectivity index (χ2v) is 5.41. The van der Waals surface area contributed by atoms with Gasteiger partial charge in [-0.05, 0) is 52.2 Å². The van der Waals surface area contributed by atoms with Gasteiger partial charge < -0.3 is 10.2 Å². The molecular formula is C13H28N2. The van der Waals surface area contributed by atoms with Crippen LogP contribution in [0, 0.1) is 5.92 Å². The molecule has 1 saturated heterocycles. The van der Waals surface area contributed by atoms with Crippen LogP contribution in [0.4, 0.5) is 0 Å². The lowest BCUT2D eigenvalue weighted by Gasteiger charge is -2.33. The summed E-state index contributed by atoms with van der Waals surface area (Å²) in [4.78, 5) is 2.53. The van der Waals surface area contributed by atoms with E-state index in [0.717, 1.165) is 12.0 Å². The van der Waals surface area contributed by atoms with Crippen LogP contribution in [0.25, 0.3) is 0 Å². The quantitative estimate of drug-likeness (QED) is 0.753. The number of likely N-dealkylation sites (tertiary alicyclic amines) is 1. The molecule has 0 spiro atoms. The summed E-state index contributed by atoms with van der Waals surface area (Å²) in [5.41, 5.74) is 0. The Labute approximate surface area is 95.4 Å². The van der Waals surface area contributed by atoms with Crippen molar-refractivity contribution in [2.45, 2.75) is 58.5 Å². The van der Waals surface area contributed by atoms with Crippen LogP contribution in [0.3, 0.4) is 0 Å². The Morgan fingerprint density at radius 2 is 2.00 bits per heavy atom. The summed E-state index contributed by atoms with van der Waals surface area (Å²) in [6.07, 6.45) is 5.53. The van der Waals surface area contributed by atoms with Crippen molar-refractivity contribution >= 4 is 0 Å². The van der Waals surface area contributed by atoms with Gasteiger partial charge in [0, 0.05) is 12.1 Å². The van der Waals surface area contributed by atoms with Gasteiger partial charge >= 0.3 is 0 Å². The molecule has 2 atom stereocenters. The van der Waals surface area contributed by atoms with Crippen LogP contribution < -0.4 is 5.32 Å². The summed E-state index contributed by atoms with van der Waals surface area (Å²) in [6.45, 7) is 9.32. The number of hydrogen-bond donors (Lipinski definition) is 1. The number of hydrogen-bond acceptors (Lipinski definition) is 2. The number of nitrogens with one attached hydrogen (secondary N) is 1. The largest absolute Gasteiger partial charge is 0.314 e. The molecule has 0 bridgehead atoms. The molecule has 1 rings (SSSR count). The van der Waals surface area contributed by atoms with E-state index in [1.54, 1.807) is 0 Å². The van der Waals surface area contributed by atoms with E-state index >= 15 is 0 Å². The first-order valence-electron chi connectivity index (χ1n) is 6.55. The maximum Gasteiger partial charge on any atom is 0.0104 e. The highest BCUT2D eigenvalue weighted by Crippen LogP contribution is 2.17. The first-order valence-corrected chi connectivity index (χ1v) is 6.55. The predicted octanol–water partition coefficient (Wildman–Crippen LogP) is 2.49. The Hall–Kier alpha value is -0.0800. The van der Waals surface area contributed by atoms with E-state index in [0.29, 0.717) is 6.04 Å². The lowest BCUT2D eigenvalue weighted by molar-refractivity contribution is 0.173. The molecule has 0 aromatic rings. The molecule has 90 valence electrons. The van der Waals surface area contributed by atoms with Crippen molar-refractivity contribution in [1.82, 2.24) is 10.2 Å². The summed E-state index contributed by atoms with van der Waals surface area (Å²) in [6, 6.07) is 1.48. The molecule has 0 aromatic carbocycles. The van der Waals surface area contributed by atoms with Gasteiger partial charge in [-0.3, -0.25) is 0 Å². The standard InChI is InChI=1S/C13H28N2/c1-11(2)12(3)14-9-8-13-7-5-6-10-15(13)4/h11-14H,5-10H2,1-4H3. The summed E-state index contributed by atoms with van der Waals surface area (Å²) in [7, 11) is 2.27. The fraction of sp³-hybridized carbons (Fsp3) is 1.00. The zero-order valence-electron chi connectivity index (χ0n) is 10.9. The molecule has 15 heavy (non-hydrogen) atoms. The molecule has 0 aliphatic carbocycles. The summed E-state index contributed by atoms with van der Waals surface area (Å²) >= 11 is 0. The van der Waals surface area contributed by atoms with Gasteiger partial charge in [0.05, 0.1) is 0 Å². The van der Waals surface area contributed by atoms with Gasteiger partial charge in [-0.15, -0.1) is 0 Å². The maximum atomic E-state index is 3.62. The van der Waals surface area contributed by atoms with Crippen molar-refractivity contribution < 1.29 is 0 Å². The van der Waals surface area contributed by atoms with Crippen molar-refractivity contribution in [3.8, 4) is 0 Å². The van der Waals surface area contributed by atoms with E-state index in [-0.39, 0.29) is 0 Å². The van der Waals surface area contributed by atoms with Gasteiger partial charge in [0.1, 0.15) is 0 Å². The van der Waals surface area contributed by atoms with Crippen LogP contribution >= 0.6 is 0 Å². The Morgan fingerprint density at radius 1 is 1.27 bits per heavy atom. The zero-order valence-corrected chi connectivity index (χ0v) is 10.9. The van der Waals surface area contributed by atoms with Crippen molar-refractivity contribution in [2.24, 2.45) is 5.92 Å². The van der Waals surface area contributed by atoms with Crippen LogP contribution in [0.1, 0.15) is 46.5 Å². The summed E-state index contributed by atoms with van der Waals surface area (Å²) in [5, 5.41) is 3.62. The number of rotatable bonds is 5. The lowest BCUT2D eigenvalue weighted by atomic mass is 9.99. The molecule has 2 heteroatoms. The minimum atomic E-state index is 0.652. The summed E-state index contributed by atoms with van der Waals surface area (Å²) in [5.74, 6) is 0.745. The van der Waals surface area contributed by atoms with Crippen molar-refractivity contribution in [1.29, 1.82) is 0 Å². The van der Waals surface area contributed by atoms with Gasteiger partial charge in [0.15, 0.2) is 0 Å². The smallest absolute Gasteiger partial charge is 0.0104 e. The molecule has 0 amide bonds. The van der Waals surface area contributed by atoms with Gasteiger partial charge in [-0.1, -0.05) is 20.3 Å². The normalized spacial score (nSPS) is 25.8. The highest BCUT2D eigenvalue weighted by atomic mass is 15.1. The molecule has 2 unspecified atom stereocenters. The molecule has 1 fully saturated rings. The van der Waals surface area contributed by atoms with Crippen LogP contribution in [-0.4, -0.2) is 37.1 Å². The van der Waals surface area contributed by atoms with Crippen LogP contribution in [-0.2, 0) is 0 Å². The van der Waals surface area contributed by atoms with E-state index in [9.17, 15) is 0 Å². The molecule has 0 aromatic heterocycles. The van der Waals surface area contributed by atoms with Gasteiger partial charge in [-0.25, -0.2) is 0 Å². The van der Waals surface area contributed by atoms with Crippen molar-refractivity contribution in [2.75, 3.05) is 20.1 Å². The van der Waals surface area contributed by atoms with Crippen LogP contribution in [0.5, 0.6) is 0 Å². The highest BCUT2D eigenvalue weighted by Gasteiger charge is 2.18. The Morgan fingerprint density at radius 3 is 2.60 bits per heavy atom. The molecule has 0 radical (unpaired) electrons. The average molecular weight is 212 g/mol. The SMILES string of the molecule is CC(C)C(C)NCCC1CCCCN1C. The van der Waals surface area contributed by atoms with Crippen LogP contribution in [0.2, 0.25) is 0 Å². The Balaban J connectivity index is 2.13. The number of nitrogens with zero attached hydrogens (tertiary/aromatic N) is 1. The lowest BCUT2D eigenvalue weighted by Crippen LogP contribution is -2.40. The van der Waals surface area contributed by atoms with Crippen LogP contribution in [0.15, 0.2) is 0 Å². The highest BCUT2D eigenvalue weighted by molar-refractivity contribution is 4.75. The van der Waals surface area contributed by atoms with Gasteiger partial charge in [0.2, 0.25) is 0 Å². The van der Waals surface area contributed by atoms with Crippen molar-refractivity contribution in [3.05, 3.63) is 0 Å². The van der Waals surface area contributed by atoms with E-state index in [4.69, 9.17) is 0 Å². The number of piperidine rings is 1. The summed E-state index contributed by atoms with van der Waals surface area (Å²) < 4.78 is 0. The molecule has 1 heterocycles. The topological polar surface area (TPSA) is 15.3 Å².